The molecule has 0 atom stereocenters. The van der Waals surface area contributed by atoms with E-state index in [9.17, 15) is 14.7 Å². The summed E-state index contributed by atoms with van der Waals surface area (Å²) in [7, 11) is 1.31. The summed E-state index contributed by atoms with van der Waals surface area (Å²) in [5.41, 5.74) is 2.55. The number of aromatic hydroxyl groups is 1. The molecule has 2 rings (SSSR count). The van der Waals surface area contributed by atoms with Crippen molar-refractivity contribution in [1.82, 2.24) is 0 Å². The minimum atomic E-state index is -0.441. The van der Waals surface area contributed by atoms with E-state index in [-0.39, 0.29) is 11.5 Å². The number of ketones is 1. The molecule has 25 heavy (non-hydrogen) atoms. The zero-order valence-corrected chi connectivity index (χ0v) is 15.0. The van der Waals surface area contributed by atoms with Gasteiger partial charge in [0.2, 0.25) is 0 Å². The smallest absolute Gasteiger partial charge is 0.337 e. The van der Waals surface area contributed by atoms with Crippen molar-refractivity contribution in [3.05, 3.63) is 70.3 Å². The standard InChI is InChI=1S/C19H19NO4S/c1-12-10-15(21)8-9-16(12)20-18(25-3)11-17(22)13-4-6-14(7-5-13)19(23)24-2/h4-11,20-21H,1-3H3/b18-11-. The molecule has 2 N–H and O–H groups in total. The zero-order chi connectivity index (χ0) is 18.4. The number of phenols is 1. The number of allylic oxidation sites excluding steroid dienone is 1. The van der Waals surface area contributed by atoms with Crippen LogP contribution < -0.4 is 5.32 Å². The molecule has 0 saturated heterocycles. The van der Waals surface area contributed by atoms with Gasteiger partial charge in [0.05, 0.1) is 17.7 Å². The van der Waals surface area contributed by atoms with Crippen LogP contribution in [0.1, 0.15) is 26.3 Å². The summed E-state index contributed by atoms with van der Waals surface area (Å²) in [4.78, 5) is 23.8. The monoisotopic (exact) mass is 357 g/mol. The van der Waals surface area contributed by atoms with Gasteiger partial charge in [0, 0.05) is 17.3 Å². The van der Waals surface area contributed by atoms with Gasteiger partial charge in [0.1, 0.15) is 5.75 Å². The Kier molecular flexibility index (Phi) is 6.25. The van der Waals surface area contributed by atoms with Gasteiger partial charge >= 0.3 is 5.97 Å². The van der Waals surface area contributed by atoms with E-state index < -0.39 is 5.97 Å². The van der Waals surface area contributed by atoms with Crippen LogP contribution in [0.2, 0.25) is 0 Å². The van der Waals surface area contributed by atoms with Crippen LogP contribution in [0.15, 0.2) is 53.6 Å². The number of methoxy groups -OCH3 is 1. The van der Waals surface area contributed by atoms with Gasteiger partial charge in [-0.1, -0.05) is 12.1 Å². The number of anilines is 1. The quantitative estimate of drug-likeness (QED) is 0.352. The second-order valence-corrected chi connectivity index (χ2v) is 6.12. The first kappa shape index (κ1) is 18.6. The molecule has 0 saturated carbocycles. The minimum Gasteiger partial charge on any atom is -0.508 e. The fourth-order valence-electron chi connectivity index (χ4n) is 2.16. The molecular weight excluding hydrogens is 338 g/mol. The third kappa shape index (κ3) is 4.87. The van der Waals surface area contributed by atoms with Gasteiger partial charge in [-0.25, -0.2) is 4.79 Å². The fourth-order valence-corrected chi connectivity index (χ4v) is 2.59. The zero-order valence-electron chi connectivity index (χ0n) is 14.2. The number of rotatable bonds is 6. The first-order valence-electron chi connectivity index (χ1n) is 7.49. The molecule has 130 valence electrons. The van der Waals surface area contributed by atoms with E-state index in [1.807, 2.05) is 13.2 Å². The SMILES string of the molecule is COC(=O)c1ccc(C(=O)/C=C(/Nc2ccc(O)cc2C)SC)cc1. The summed E-state index contributed by atoms with van der Waals surface area (Å²) in [6.45, 7) is 1.87. The number of thioether (sulfide) groups is 1. The van der Waals surface area contributed by atoms with Gasteiger partial charge < -0.3 is 15.2 Å². The number of aryl methyl sites for hydroxylation is 1. The van der Waals surface area contributed by atoms with E-state index in [1.165, 1.54) is 24.9 Å². The van der Waals surface area contributed by atoms with Crippen molar-refractivity contribution < 1.29 is 19.4 Å². The predicted molar refractivity (Wildman–Crippen MR) is 100 cm³/mol. The molecule has 0 spiro atoms. The maximum absolute atomic E-state index is 12.4. The van der Waals surface area contributed by atoms with Gasteiger partial charge in [0.25, 0.3) is 0 Å². The number of phenolic OH excluding ortho intramolecular Hbond substituents is 1. The van der Waals surface area contributed by atoms with E-state index in [0.717, 1.165) is 11.3 Å². The molecule has 0 radical (unpaired) electrons. The lowest BCUT2D eigenvalue weighted by Gasteiger charge is -2.11. The molecule has 0 aromatic heterocycles. The molecule has 6 heteroatoms. The van der Waals surface area contributed by atoms with Gasteiger partial charge in [-0.3, -0.25) is 4.79 Å². The summed E-state index contributed by atoms with van der Waals surface area (Å²) in [6.07, 6.45) is 3.37. The van der Waals surface area contributed by atoms with Gasteiger partial charge in [0.15, 0.2) is 5.78 Å². The lowest BCUT2D eigenvalue weighted by atomic mass is 10.1. The number of nitrogens with one attached hydrogen (secondary N) is 1. The molecule has 0 unspecified atom stereocenters. The molecular formula is C19H19NO4S. The highest BCUT2D eigenvalue weighted by Crippen LogP contribution is 2.24. The van der Waals surface area contributed by atoms with Gasteiger partial charge in [-0.2, -0.15) is 0 Å². The number of hydrogen-bond acceptors (Lipinski definition) is 6. The molecule has 5 nitrogen and oxygen atoms in total. The van der Waals surface area contributed by atoms with Crippen LogP contribution in [-0.2, 0) is 4.74 Å². The van der Waals surface area contributed by atoms with E-state index in [2.05, 4.69) is 10.1 Å². The number of ether oxygens (including phenoxy) is 1. The number of hydrogen-bond donors (Lipinski definition) is 2. The van der Waals surface area contributed by atoms with Crippen molar-refractivity contribution in [3.8, 4) is 5.75 Å². The molecule has 0 fully saturated rings. The normalized spacial score (nSPS) is 11.1. The van der Waals surface area contributed by atoms with E-state index in [4.69, 9.17) is 0 Å². The largest absolute Gasteiger partial charge is 0.508 e. The average molecular weight is 357 g/mol. The van der Waals surface area contributed by atoms with Crippen LogP contribution in [0, 0.1) is 6.92 Å². The fraction of sp³-hybridized carbons (Fsp3) is 0.158. The predicted octanol–water partition coefficient (Wildman–Crippen LogP) is 3.99. The van der Waals surface area contributed by atoms with Crippen LogP contribution >= 0.6 is 11.8 Å². The summed E-state index contributed by atoms with van der Waals surface area (Å²) in [5, 5.41) is 13.3. The van der Waals surface area contributed by atoms with Crippen molar-refractivity contribution in [2.75, 3.05) is 18.7 Å². The molecule has 2 aromatic rings. The van der Waals surface area contributed by atoms with Crippen molar-refractivity contribution >= 4 is 29.2 Å². The van der Waals surface area contributed by atoms with Crippen LogP contribution in [0.5, 0.6) is 5.75 Å². The highest BCUT2D eigenvalue weighted by Gasteiger charge is 2.09. The van der Waals surface area contributed by atoms with Crippen molar-refractivity contribution in [1.29, 1.82) is 0 Å². The Morgan fingerprint density at radius 3 is 2.32 bits per heavy atom. The Bertz CT molecular complexity index is 813. The van der Waals surface area contributed by atoms with Crippen molar-refractivity contribution in [2.24, 2.45) is 0 Å². The molecule has 0 amide bonds. The number of esters is 1. The lowest BCUT2D eigenvalue weighted by molar-refractivity contribution is 0.0600. The van der Waals surface area contributed by atoms with E-state index >= 15 is 0 Å². The minimum absolute atomic E-state index is 0.176. The van der Waals surface area contributed by atoms with Crippen LogP contribution in [0.25, 0.3) is 0 Å². The summed E-state index contributed by atoms with van der Waals surface area (Å²) < 4.78 is 4.64. The molecule has 0 aliphatic rings. The van der Waals surface area contributed by atoms with Crippen molar-refractivity contribution in [3.63, 3.8) is 0 Å². The lowest BCUT2D eigenvalue weighted by Crippen LogP contribution is -2.04. The average Bonchev–Trinajstić information content (AvgIpc) is 2.62. The topological polar surface area (TPSA) is 75.6 Å². The van der Waals surface area contributed by atoms with Crippen LogP contribution in [0.3, 0.4) is 0 Å². The summed E-state index contributed by atoms with van der Waals surface area (Å²) >= 11 is 1.40. The van der Waals surface area contributed by atoms with Gasteiger partial charge in [-0.05, 0) is 49.1 Å². The Balaban J connectivity index is 2.17. The second-order valence-electron chi connectivity index (χ2n) is 5.27. The molecule has 0 aliphatic heterocycles. The Morgan fingerprint density at radius 1 is 1.12 bits per heavy atom. The third-order valence-electron chi connectivity index (χ3n) is 3.54. The molecule has 0 bridgehead atoms. The Labute approximate surface area is 150 Å². The summed E-state index contributed by atoms with van der Waals surface area (Å²) in [5.74, 6) is -0.423. The third-order valence-corrected chi connectivity index (χ3v) is 4.20. The maximum Gasteiger partial charge on any atom is 0.337 e. The molecule has 0 aliphatic carbocycles. The van der Waals surface area contributed by atoms with Gasteiger partial charge in [-0.15, -0.1) is 11.8 Å². The highest BCUT2D eigenvalue weighted by atomic mass is 32.2. The second kappa shape index (κ2) is 8.39. The molecule has 2 aromatic carbocycles. The first-order chi connectivity index (χ1) is 11.9. The number of carbonyl (C=O) groups excluding carboxylic acids is 2. The van der Waals surface area contributed by atoms with Crippen molar-refractivity contribution in [2.45, 2.75) is 6.92 Å². The van der Waals surface area contributed by atoms with E-state index in [1.54, 1.807) is 42.5 Å². The van der Waals surface area contributed by atoms with Crippen LogP contribution in [-0.4, -0.2) is 30.2 Å². The first-order valence-corrected chi connectivity index (χ1v) is 8.72. The Morgan fingerprint density at radius 2 is 1.76 bits per heavy atom. The number of benzene rings is 2. The Hall–Kier alpha value is -2.73. The summed E-state index contributed by atoms with van der Waals surface area (Å²) in [6, 6.07) is 11.3. The van der Waals surface area contributed by atoms with E-state index in [0.29, 0.717) is 16.2 Å². The number of carbonyl (C=O) groups is 2. The maximum atomic E-state index is 12.4. The van der Waals surface area contributed by atoms with Crippen LogP contribution in [0.4, 0.5) is 5.69 Å². The molecule has 0 heterocycles. The highest BCUT2D eigenvalue weighted by molar-refractivity contribution is 8.02.